The zero-order chi connectivity index (χ0) is 17.8. The highest BCUT2D eigenvalue weighted by Gasteiger charge is 2.21. The van der Waals surface area contributed by atoms with E-state index in [9.17, 15) is 9.59 Å². The number of hydrogen-bond acceptors (Lipinski definition) is 6. The number of aryl methyl sites for hydroxylation is 1. The molecule has 0 aromatic carbocycles. The number of aromatic nitrogens is 2. The third kappa shape index (κ3) is 3.90. The van der Waals surface area contributed by atoms with Crippen molar-refractivity contribution in [2.75, 3.05) is 25.0 Å². The Morgan fingerprint density at radius 3 is 2.80 bits per heavy atom. The monoisotopic (exact) mass is 346 g/mol. The predicted molar refractivity (Wildman–Crippen MR) is 90.3 cm³/mol. The Labute approximate surface area is 145 Å². The van der Waals surface area contributed by atoms with Gasteiger partial charge in [-0.2, -0.15) is 5.10 Å². The van der Waals surface area contributed by atoms with E-state index in [4.69, 9.17) is 9.15 Å². The van der Waals surface area contributed by atoms with E-state index in [0.717, 1.165) is 18.8 Å². The fraction of sp³-hybridized carbons (Fsp3) is 0.471. The van der Waals surface area contributed by atoms with Crippen molar-refractivity contribution in [1.82, 2.24) is 14.7 Å². The van der Waals surface area contributed by atoms with Gasteiger partial charge in [0, 0.05) is 7.05 Å². The number of ether oxygens (including phenoxy) is 1. The molecule has 0 saturated carbocycles. The molecule has 3 rings (SSSR count). The van der Waals surface area contributed by atoms with Gasteiger partial charge in [0.1, 0.15) is 17.1 Å². The number of carbonyl (C=O) groups excluding carboxylic acids is 2. The zero-order valence-corrected chi connectivity index (χ0v) is 14.4. The minimum atomic E-state index is -0.528. The fourth-order valence-electron chi connectivity index (χ4n) is 2.86. The highest BCUT2D eigenvalue weighted by atomic mass is 16.5. The second kappa shape index (κ2) is 7.52. The molecule has 1 N–H and O–H groups in total. The summed E-state index contributed by atoms with van der Waals surface area (Å²) >= 11 is 0. The highest BCUT2D eigenvalue weighted by Crippen LogP contribution is 2.19. The molecule has 8 heteroatoms. The number of anilines is 1. The lowest BCUT2D eigenvalue weighted by atomic mass is 10.3. The van der Waals surface area contributed by atoms with Crippen molar-refractivity contribution in [3.8, 4) is 0 Å². The van der Waals surface area contributed by atoms with Crippen molar-refractivity contribution < 1.29 is 18.7 Å². The average molecular weight is 346 g/mol. The van der Waals surface area contributed by atoms with E-state index in [-0.39, 0.29) is 23.7 Å². The largest absolute Gasteiger partial charge is 0.462 e. The summed E-state index contributed by atoms with van der Waals surface area (Å²) in [4.78, 5) is 26.7. The molecule has 1 saturated heterocycles. The van der Waals surface area contributed by atoms with Crippen LogP contribution in [-0.4, -0.2) is 46.3 Å². The van der Waals surface area contributed by atoms with Gasteiger partial charge in [-0.1, -0.05) is 0 Å². The summed E-state index contributed by atoms with van der Waals surface area (Å²) in [6.07, 6.45) is 3.77. The number of likely N-dealkylation sites (tertiary alicyclic amines) is 1. The van der Waals surface area contributed by atoms with Crippen molar-refractivity contribution in [3.63, 3.8) is 0 Å². The third-order valence-electron chi connectivity index (χ3n) is 4.13. The van der Waals surface area contributed by atoms with E-state index in [2.05, 4.69) is 15.3 Å². The van der Waals surface area contributed by atoms with Crippen molar-refractivity contribution in [2.45, 2.75) is 26.3 Å². The van der Waals surface area contributed by atoms with Gasteiger partial charge in [-0.25, -0.2) is 4.79 Å². The summed E-state index contributed by atoms with van der Waals surface area (Å²) in [6, 6.07) is 3.45. The molecular formula is C17H22N4O4. The van der Waals surface area contributed by atoms with Crippen molar-refractivity contribution in [1.29, 1.82) is 0 Å². The molecular weight excluding hydrogens is 324 g/mol. The molecule has 0 bridgehead atoms. The Hall–Kier alpha value is -2.61. The summed E-state index contributed by atoms with van der Waals surface area (Å²) in [6.45, 7) is 4.78. The highest BCUT2D eigenvalue weighted by molar-refractivity contribution is 6.05. The first kappa shape index (κ1) is 17.2. The van der Waals surface area contributed by atoms with Crippen LogP contribution in [0.1, 0.15) is 46.4 Å². The lowest BCUT2D eigenvalue weighted by Gasteiger charge is -2.11. The predicted octanol–water partition coefficient (Wildman–Crippen LogP) is 2.04. The molecule has 0 aliphatic carbocycles. The van der Waals surface area contributed by atoms with Gasteiger partial charge in [0.25, 0.3) is 5.91 Å². The van der Waals surface area contributed by atoms with Gasteiger partial charge in [-0.3, -0.25) is 14.4 Å². The number of rotatable bonds is 6. The Morgan fingerprint density at radius 2 is 2.08 bits per heavy atom. The smallest absolute Gasteiger partial charge is 0.343 e. The van der Waals surface area contributed by atoms with E-state index >= 15 is 0 Å². The van der Waals surface area contributed by atoms with Gasteiger partial charge in [-0.05, 0) is 45.0 Å². The SMILES string of the molecule is CCOC(=O)c1cnn(C)c1NC(=O)c1ccc(CN2CCCC2)o1. The van der Waals surface area contributed by atoms with E-state index in [1.807, 2.05) is 6.07 Å². The maximum atomic E-state index is 12.4. The van der Waals surface area contributed by atoms with Crippen molar-refractivity contribution in [3.05, 3.63) is 35.4 Å². The van der Waals surface area contributed by atoms with Crippen LogP contribution in [0.2, 0.25) is 0 Å². The molecule has 25 heavy (non-hydrogen) atoms. The summed E-state index contributed by atoms with van der Waals surface area (Å²) in [5, 5.41) is 6.68. The summed E-state index contributed by atoms with van der Waals surface area (Å²) < 4.78 is 12.0. The second-order valence-corrected chi connectivity index (χ2v) is 5.95. The maximum absolute atomic E-state index is 12.4. The van der Waals surface area contributed by atoms with Crippen LogP contribution in [0.25, 0.3) is 0 Å². The Bertz CT molecular complexity index is 759. The fourth-order valence-corrected chi connectivity index (χ4v) is 2.86. The summed E-state index contributed by atoms with van der Waals surface area (Å²) in [5.41, 5.74) is 0.210. The minimum absolute atomic E-state index is 0.199. The van der Waals surface area contributed by atoms with E-state index in [1.54, 1.807) is 20.0 Å². The van der Waals surface area contributed by atoms with Gasteiger partial charge < -0.3 is 14.5 Å². The number of nitrogens with one attached hydrogen (secondary N) is 1. The van der Waals surface area contributed by atoms with Crippen LogP contribution < -0.4 is 5.32 Å². The van der Waals surface area contributed by atoms with Gasteiger partial charge in [0.05, 0.1) is 19.3 Å². The lowest BCUT2D eigenvalue weighted by Crippen LogP contribution is -2.18. The van der Waals surface area contributed by atoms with Crippen LogP contribution in [0.4, 0.5) is 5.82 Å². The van der Waals surface area contributed by atoms with Gasteiger partial charge in [-0.15, -0.1) is 0 Å². The van der Waals surface area contributed by atoms with Gasteiger partial charge in [0.2, 0.25) is 0 Å². The molecule has 0 spiro atoms. The standard InChI is InChI=1S/C17H22N4O4/c1-3-24-17(23)13-10-18-20(2)15(13)19-16(22)14-7-6-12(25-14)11-21-8-4-5-9-21/h6-7,10H,3-5,8-9,11H2,1-2H3,(H,19,22). The molecule has 1 fully saturated rings. The molecule has 0 atom stereocenters. The normalized spacial score (nSPS) is 14.6. The number of furan rings is 1. The summed E-state index contributed by atoms with van der Waals surface area (Å²) in [5.74, 6) is 0.274. The molecule has 1 aliphatic rings. The van der Waals surface area contributed by atoms with Crippen LogP contribution in [0.15, 0.2) is 22.7 Å². The number of hydrogen-bond donors (Lipinski definition) is 1. The van der Waals surface area contributed by atoms with E-state index < -0.39 is 11.9 Å². The molecule has 3 heterocycles. The van der Waals surface area contributed by atoms with E-state index in [0.29, 0.717) is 6.54 Å². The molecule has 134 valence electrons. The van der Waals surface area contributed by atoms with Crippen LogP contribution >= 0.6 is 0 Å². The number of carbonyl (C=O) groups is 2. The summed E-state index contributed by atoms with van der Waals surface area (Å²) in [7, 11) is 1.64. The molecule has 2 aromatic heterocycles. The molecule has 2 aromatic rings. The molecule has 8 nitrogen and oxygen atoms in total. The second-order valence-electron chi connectivity index (χ2n) is 5.95. The quantitative estimate of drug-likeness (QED) is 0.805. The first-order valence-electron chi connectivity index (χ1n) is 8.40. The van der Waals surface area contributed by atoms with Crippen molar-refractivity contribution >= 4 is 17.7 Å². The number of esters is 1. The average Bonchev–Trinajstić information content (AvgIpc) is 3.31. The topological polar surface area (TPSA) is 89.6 Å². The Morgan fingerprint density at radius 1 is 1.32 bits per heavy atom. The lowest BCUT2D eigenvalue weighted by molar-refractivity contribution is 0.0527. The minimum Gasteiger partial charge on any atom is -0.462 e. The molecule has 0 unspecified atom stereocenters. The van der Waals surface area contributed by atoms with Crippen molar-refractivity contribution in [2.24, 2.45) is 7.05 Å². The van der Waals surface area contributed by atoms with Crippen LogP contribution in [0.5, 0.6) is 0 Å². The van der Waals surface area contributed by atoms with E-state index in [1.165, 1.54) is 23.7 Å². The molecule has 1 aliphatic heterocycles. The Balaban J connectivity index is 1.69. The van der Waals surface area contributed by atoms with Crippen LogP contribution in [0, 0.1) is 0 Å². The Kier molecular flexibility index (Phi) is 5.18. The van der Waals surface area contributed by atoms with Gasteiger partial charge in [0.15, 0.2) is 5.76 Å². The maximum Gasteiger partial charge on any atom is 0.343 e. The third-order valence-corrected chi connectivity index (χ3v) is 4.13. The molecule has 0 radical (unpaired) electrons. The van der Waals surface area contributed by atoms with Crippen LogP contribution in [0.3, 0.4) is 0 Å². The molecule has 1 amide bonds. The first-order valence-corrected chi connectivity index (χ1v) is 8.40. The first-order chi connectivity index (χ1) is 12.1. The van der Waals surface area contributed by atoms with Gasteiger partial charge >= 0.3 is 5.97 Å². The van der Waals surface area contributed by atoms with Crippen LogP contribution in [-0.2, 0) is 18.3 Å². The zero-order valence-electron chi connectivity index (χ0n) is 14.4. The number of nitrogens with zero attached hydrogens (tertiary/aromatic N) is 3. The number of amides is 1.